The lowest BCUT2D eigenvalue weighted by atomic mass is 9.82. The quantitative estimate of drug-likeness (QED) is 0.119. The van der Waals surface area contributed by atoms with Crippen molar-refractivity contribution in [3.05, 3.63) is 267 Å². The molecule has 0 radical (unpaired) electrons. The van der Waals surface area contributed by atoms with Crippen LogP contribution in [-0.2, 0) is 0 Å². The van der Waals surface area contributed by atoms with Gasteiger partial charge in [0, 0.05) is 0 Å². The summed E-state index contributed by atoms with van der Waals surface area (Å²) in [5.74, 6) is 0. The fourth-order valence-corrected chi connectivity index (χ4v) is 15.5. The molecule has 0 heterocycles. The standard InChI is InChI=1S/C80H44/c1-4-18-45(19-5-1)48-25-16-27-51(42-48)68-54-30-12-13-31-55(54)69(52-28-17-26-49(43-52)46-20-6-2-7-21-46)78-64-40-36-59-61-37-41-65-74-62(38-34-60(72(61)74)58-35-39-63(77(68)78)73(64)71(58)59)76-67(47-22-8-3-9-23-47)66-44-50-24-10-11-29-53(50)70-56-32-14-15-33-57(56)75(79(65)76)80(66)70/h1-44H. The molecule has 18 aromatic rings. The molecule has 364 valence electrons. The number of rotatable bonds is 5. The van der Waals surface area contributed by atoms with Crippen LogP contribution < -0.4 is 0 Å². The minimum atomic E-state index is 1.21. The van der Waals surface area contributed by atoms with Gasteiger partial charge in [0.15, 0.2) is 0 Å². The molecule has 0 atom stereocenters. The van der Waals surface area contributed by atoms with Crippen LogP contribution in [0, 0.1) is 0 Å². The van der Waals surface area contributed by atoms with Gasteiger partial charge in [-0.15, -0.1) is 0 Å². The van der Waals surface area contributed by atoms with E-state index in [1.807, 2.05) is 0 Å². The van der Waals surface area contributed by atoms with E-state index in [1.165, 1.54) is 196 Å². The van der Waals surface area contributed by atoms with Gasteiger partial charge in [-0.3, -0.25) is 0 Å². The summed E-state index contributed by atoms with van der Waals surface area (Å²) in [5.41, 5.74) is 17.7. The van der Waals surface area contributed by atoms with Crippen molar-refractivity contribution in [3.8, 4) is 77.9 Å². The van der Waals surface area contributed by atoms with Crippen LogP contribution in [0.1, 0.15) is 0 Å². The summed E-state index contributed by atoms with van der Waals surface area (Å²) in [7, 11) is 0. The molecule has 0 unspecified atom stereocenters. The van der Waals surface area contributed by atoms with Crippen LogP contribution >= 0.6 is 0 Å². The van der Waals surface area contributed by atoms with Gasteiger partial charge in [0.25, 0.3) is 0 Å². The van der Waals surface area contributed by atoms with Gasteiger partial charge in [0.2, 0.25) is 0 Å². The van der Waals surface area contributed by atoms with Gasteiger partial charge in [-0.1, -0.05) is 249 Å². The zero-order chi connectivity index (χ0) is 51.9. The SMILES string of the molecule is c1ccc(-c2cccc(-c3c4c(c(-c5cccc(-c6ccccc6)c5)c5ccccc35)-c3ccc5c6ccc7c8c(ccc(c9ccc-4c3c95)c68)c3c(-c4ccccc4)c4cc5ccccc5c5c6ccccc6c(c73)c45)c2)cc1. The van der Waals surface area contributed by atoms with Crippen molar-refractivity contribution in [1.29, 1.82) is 0 Å². The summed E-state index contributed by atoms with van der Waals surface area (Å²) < 4.78 is 0. The highest BCUT2D eigenvalue weighted by Gasteiger charge is 2.34. The van der Waals surface area contributed by atoms with Crippen LogP contribution in [0.5, 0.6) is 0 Å². The zero-order valence-corrected chi connectivity index (χ0v) is 43.4. The Kier molecular flexibility index (Phi) is 8.34. The summed E-state index contributed by atoms with van der Waals surface area (Å²) in [4.78, 5) is 0. The Labute approximate surface area is 460 Å². The third-order valence-corrected chi connectivity index (χ3v) is 18.6. The number of benzene rings is 16. The predicted octanol–water partition coefficient (Wildman–Crippen LogP) is 22.7. The summed E-state index contributed by atoms with van der Waals surface area (Å²) >= 11 is 0. The molecule has 80 heavy (non-hydrogen) atoms. The largest absolute Gasteiger partial charge is 0.0622 e. The second-order valence-corrected chi connectivity index (χ2v) is 22.4. The first-order valence-corrected chi connectivity index (χ1v) is 28.1. The molecular formula is C80H44. The molecule has 1 aliphatic rings. The minimum Gasteiger partial charge on any atom is -0.0622 e. The van der Waals surface area contributed by atoms with E-state index in [4.69, 9.17) is 0 Å². The molecule has 0 saturated heterocycles. The number of hydrogen-bond donors (Lipinski definition) is 0. The first-order valence-electron chi connectivity index (χ1n) is 28.1. The molecule has 0 fully saturated rings. The van der Waals surface area contributed by atoms with Crippen LogP contribution in [-0.4, -0.2) is 0 Å². The van der Waals surface area contributed by atoms with Crippen LogP contribution in [0.3, 0.4) is 0 Å². The molecule has 0 aromatic heterocycles. The van der Waals surface area contributed by atoms with E-state index in [9.17, 15) is 0 Å². The molecule has 1 aliphatic carbocycles. The van der Waals surface area contributed by atoms with Crippen molar-refractivity contribution in [1.82, 2.24) is 0 Å². The van der Waals surface area contributed by atoms with Gasteiger partial charge in [-0.05, 0) is 215 Å². The highest BCUT2D eigenvalue weighted by Crippen LogP contribution is 2.61. The lowest BCUT2D eigenvalue weighted by Crippen LogP contribution is -1.94. The average molecular weight is 1010 g/mol. The molecular weight excluding hydrogens is 961 g/mol. The molecule has 0 saturated carbocycles. The fourth-order valence-electron chi connectivity index (χ4n) is 15.5. The minimum absolute atomic E-state index is 1.21. The Bertz CT molecular complexity index is 5490. The van der Waals surface area contributed by atoms with Crippen molar-refractivity contribution in [2.24, 2.45) is 0 Å². The van der Waals surface area contributed by atoms with E-state index in [1.54, 1.807) is 0 Å². The van der Waals surface area contributed by atoms with Crippen molar-refractivity contribution >= 4 is 118 Å². The van der Waals surface area contributed by atoms with E-state index in [0.717, 1.165) is 0 Å². The molecule has 0 amide bonds. The lowest BCUT2D eigenvalue weighted by Gasteiger charge is -2.21. The number of fused-ring (bicyclic) bond motifs is 15. The Morgan fingerprint density at radius 2 is 0.487 bits per heavy atom. The fraction of sp³-hybridized carbons (Fsp3) is 0. The maximum Gasteiger partial charge on any atom is -0.000696 e. The van der Waals surface area contributed by atoms with Gasteiger partial charge < -0.3 is 0 Å². The van der Waals surface area contributed by atoms with Crippen LogP contribution in [0.4, 0.5) is 0 Å². The third kappa shape index (κ3) is 5.45. The highest BCUT2D eigenvalue weighted by molar-refractivity contribution is 6.53. The molecule has 0 bridgehead atoms. The Morgan fingerprint density at radius 1 is 0.138 bits per heavy atom. The topological polar surface area (TPSA) is 0 Å². The van der Waals surface area contributed by atoms with Crippen LogP contribution in [0.2, 0.25) is 0 Å². The van der Waals surface area contributed by atoms with Gasteiger partial charge in [0.05, 0.1) is 0 Å². The van der Waals surface area contributed by atoms with Gasteiger partial charge in [-0.25, -0.2) is 0 Å². The van der Waals surface area contributed by atoms with Crippen molar-refractivity contribution in [2.75, 3.05) is 0 Å². The van der Waals surface area contributed by atoms with E-state index in [2.05, 4.69) is 267 Å². The van der Waals surface area contributed by atoms with Crippen molar-refractivity contribution in [3.63, 3.8) is 0 Å². The second kappa shape index (κ2) is 15.6. The molecule has 0 N–H and O–H groups in total. The Balaban J connectivity index is 0.949. The molecule has 0 nitrogen and oxygen atoms in total. The predicted molar refractivity (Wildman–Crippen MR) is 344 cm³/mol. The van der Waals surface area contributed by atoms with E-state index in [-0.39, 0.29) is 0 Å². The molecule has 0 aliphatic heterocycles. The monoisotopic (exact) mass is 1000 g/mol. The summed E-state index contributed by atoms with van der Waals surface area (Å²) in [6.45, 7) is 0. The van der Waals surface area contributed by atoms with Gasteiger partial charge >= 0.3 is 0 Å². The summed E-state index contributed by atoms with van der Waals surface area (Å²) in [6.07, 6.45) is 0. The average Bonchev–Trinajstić information content (AvgIpc) is 4.17. The molecule has 0 heteroatoms. The first-order chi connectivity index (χ1) is 39.7. The van der Waals surface area contributed by atoms with Gasteiger partial charge in [-0.2, -0.15) is 0 Å². The maximum absolute atomic E-state index is 2.49. The van der Waals surface area contributed by atoms with Crippen LogP contribution in [0.15, 0.2) is 267 Å². The molecule has 0 spiro atoms. The van der Waals surface area contributed by atoms with E-state index in [0.29, 0.717) is 0 Å². The highest BCUT2D eigenvalue weighted by atomic mass is 14.4. The zero-order valence-electron chi connectivity index (χ0n) is 43.4. The molecule has 18 aromatic carbocycles. The van der Waals surface area contributed by atoms with E-state index < -0.39 is 0 Å². The summed E-state index contributed by atoms with van der Waals surface area (Å²) in [6, 6.07) is 101. The molecule has 19 rings (SSSR count). The normalized spacial score (nSPS) is 12.5. The van der Waals surface area contributed by atoms with E-state index >= 15 is 0 Å². The summed E-state index contributed by atoms with van der Waals surface area (Å²) in [5, 5.41) is 29.2. The van der Waals surface area contributed by atoms with Crippen LogP contribution in [0.25, 0.3) is 196 Å². The first kappa shape index (κ1) is 42.7. The Morgan fingerprint density at radius 3 is 1.05 bits per heavy atom. The number of hydrogen-bond acceptors (Lipinski definition) is 0. The van der Waals surface area contributed by atoms with Crippen molar-refractivity contribution in [2.45, 2.75) is 0 Å². The van der Waals surface area contributed by atoms with Crippen molar-refractivity contribution < 1.29 is 0 Å². The van der Waals surface area contributed by atoms with Gasteiger partial charge in [0.1, 0.15) is 0 Å². The second-order valence-electron chi connectivity index (χ2n) is 22.4. The maximum atomic E-state index is 2.49. The smallest absolute Gasteiger partial charge is 0.000696 e. The third-order valence-electron chi connectivity index (χ3n) is 18.6. The Hall–Kier alpha value is -10.4. The lowest BCUT2D eigenvalue weighted by molar-refractivity contribution is 1.59.